The van der Waals surface area contributed by atoms with E-state index in [1.807, 2.05) is 13.1 Å². The average molecular weight is 185 g/mol. The number of hydrogen-bond donors (Lipinski definition) is 0. The van der Waals surface area contributed by atoms with Crippen LogP contribution < -0.4 is 5.19 Å². The minimum Gasteiger partial charge on any atom is -0.416 e. The molecule has 66 valence electrons. The third-order valence-corrected chi connectivity index (χ3v) is 4.64. The molecule has 2 nitrogen and oxygen atoms in total. The Balaban J connectivity index is 2.96. The van der Waals surface area contributed by atoms with Crippen molar-refractivity contribution in [1.29, 1.82) is 0 Å². The number of aromatic nitrogens is 1. The van der Waals surface area contributed by atoms with Crippen LogP contribution in [-0.2, 0) is 4.43 Å². The molecule has 1 heterocycles. The molecule has 12 heavy (non-hydrogen) atoms. The van der Waals surface area contributed by atoms with Crippen molar-refractivity contribution in [3.05, 3.63) is 24.3 Å². The molecule has 0 fully saturated rings. The molecule has 1 rings (SSSR count). The Bertz CT molecular complexity index is 260. The van der Waals surface area contributed by atoms with Gasteiger partial charge in [0.15, 0.2) is 0 Å². The van der Waals surface area contributed by atoms with E-state index in [-0.39, 0.29) is 0 Å². The SMILES string of the molecule is CO[Si](C)(C)c1ccc(F)nc1. The monoisotopic (exact) mass is 185 g/mol. The van der Waals surface area contributed by atoms with E-state index in [1.165, 1.54) is 6.07 Å². The van der Waals surface area contributed by atoms with E-state index in [9.17, 15) is 4.39 Å². The number of pyridine rings is 1. The van der Waals surface area contributed by atoms with Gasteiger partial charge < -0.3 is 4.43 Å². The lowest BCUT2D eigenvalue weighted by Crippen LogP contribution is -2.43. The van der Waals surface area contributed by atoms with Gasteiger partial charge in [-0.1, -0.05) is 6.07 Å². The van der Waals surface area contributed by atoms with Crippen molar-refractivity contribution < 1.29 is 8.82 Å². The van der Waals surface area contributed by atoms with E-state index in [4.69, 9.17) is 4.43 Å². The molecule has 0 aliphatic heterocycles. The van der Waals surface area contributed by atoms with E-state index < -0.39 is 14.3 Å². The standard InChI is InChI=1S/C8H12FNOSi/c1-11-12(2,3)7-4-5-8(9)10-6-7/h4-6H,1-3H3. The van der Waals surface area contributed by atoms with Gasteiger partial charge in [0.2, 0.25) is 14.3 Å². The summed E-state index contributed by atoms with van der Waals surface area (Å²) in [6.45, 7) is 4.09. The van der Waals surface area contributed by atoms with Gasteiger partial charge in [-0.15, -0.1) is 0 Å². The molecule has 0 aliphatic carbocycles. The summed E-state index contributed by atoms with van der Waals surface area (Å²) >= 11 is 0. The molecule has 0 atom stereocenters. The predicted molar refractivity (Wildman–Crippen MR) is 48.3 cm³/mol. The van der Waals surface area contributed by atoms with Crippen LogP contribution in [0.25, 0.3) is 0 Å². The van der Waals surface area contributed by atoms with E-state index in [0.29, 0.717) is 0 Å². The molecule has 0 unspecified atom stereocenters. The summed E-state index contributed by atoms with van der Waals surface area (Å²) in [5.41, 5.74) is 0. The molecule has 0 aliphatic rings. The highest BCUT2D eigenvalue weighted by molar-refractivity contribution is 6.84. The third kappa shape index (κ3) is 1.89. The fraction of sp³-hybridized carbons (Fsp3) is 0.375. The molecule has 0 N–H and O–H groups in total. The van der Waals surface area contributed by atoms with Gasteiger partial charge in [-0.2, -0.15) is 4.39 Å². The highest BCUT2D eigenvalue weighted by Gasteiger charge is 2.23. The molecule has 0 saturated carbocycles. The molecule has 0 spiro atoms. The van der Waals surface area contributed by atoms with Crippen molar-refractivity contribution in [2.45, 2.75) is 13.1 Å². The van der Waals surface area contributed by atoms with Crippen molar-refractivity contribution in [2.75, 3.05) is 7.11 Å². The van der Waals surface area contributed by atoms with Crippen molar-refractivity contribution in [1.82, 2.24) is 4.98 Å². The zero-order chi connectivity index (χ0) is 9.19. The van der Waals surface area contributed by atoms with Crippen LogP contribution in [0.4, 0.5) is 4.39 Å². The Kier molecular flexibility index (Phi) is 2.59. The van der Waals surface area contributed by atoms with Gasteiger partial charge in [0.1, 0.15) is 0 Å². The van der Waals surface area contributed by atoms with Crippen LogP contribution >= 0.6 is 0 Å². The zero-order valence-electron chi connectivity index (χ0n) is 7.47. The maximum Gasteiger partial charge on any atom is 0.219 e. The average Bonchev–Trinajstić information content (AvgIpc) is 2.05. The number of halogens is 1. The Morgan fingerprint density at radius 2 is 2.08 bits per heavy atom. The van der Waals surface area contributed by atoms with Gasteiger partial charge in [-0.3, -0.25) is 0 Å². The van der Waals surface area contributed by atoms with Crippen molar-refractivity contribution in [3.8, 4) is 0 Å². The summed E-state index contributed by atoms with van der Waals surface area (Å²) in [5, 5.41) is 1.01. The van der Waals surface area contributed by atoms with Crippen LogP contribution in [0.5, 0.6) is 0 Å². The molecule has 1 aromatic heterocycles. The van der Waals surface area contributed by atoms with Crippen LogP contribution in [0.2, 0.25) is 13.1 Å². The Morgan fingerprint density at radius 1 is 1.42 bits per heavy atom. The smallest absolute Gasteiger partial charge is 0.219 e. The van der Waals surface area contributed by atoms with Gasteiger partial charge in [0, 0.05) is 13.3 Å². The number of hydrogen-bond acceptors (Lipinski definition) is 2. The second-order valence-corrected chi connectivity index (χ2v) is 7.09. The molecule has 4 heteroatoms. The summed E-state index contributed by atoms with van der Waals surface area (Å²) in [5.74, 6) is -0.445. The van der Waals surface area contributed by atoms with Gasteiger partial charge in [-0.05, 0) is 24.3 Å². The van der Waals surface area contributed by atoms with E-state index in [1.54, 1.807) is 19.4 Å². The van der Waals surface area contributed by atoms with Crippen molar-refractivity contribution in [2.24, 2.45) is 0 Å². The second kappa shape index (κ2) is 3.33. The van der Waals surface area contributed by atoms with Crippen LogP contribution in [-0.4, -0.2) is 20.4 Å². The van der Waals surface area contributed by atoms with Crippen molar-refractivity contribution in [3.63, 3.8) is 0 Å². The topological polar surface area (TPSA) is 22.1 Å². The molecule has 1 aromatic rings. The summed E-state index contributed by atoms with van der Waals surface area (Å²) in [4.78, 5) is 3.58. The first-order valence-corrected chi connectivity index (χ1v) is 6.64. The zero-order valence-corrected chi connectivity index (χ0v) is 8.47. The minimum absolute atomic E-state index is 0.445. The lowest BCUT2D eigenvalue weighted by molar-refractivity contribution is 0.416. The molecular weight excluding hydrogens is 173 g/mol. The molecular formula is C8H12FNOSi. The highest BCUT2D eigenvalue weighted by Crippen LogP contribution is 2.02. The fourth-order valence-corrected chi connectivity index (χ4v) is 1.95. The lowest BCUT2D eigenvalue weighted by atomic mass is 10.5. The van der Waals surface area contributed by atoms with Gasteiger partial charge in [0.05, 0.1) is 0 Å². The van der Waals surface area contributed by atoms with Crippen molar-refractivity contribution >= 4 is 13.5 Å². The third-order valence-electron chi connectivity index (χ3n) is 1.93. The molecule has 0 aromatic carbocycles. The first-order chi connectivity index (χ1) is 5.56. The van der Waals surface area contributed by atoms with Crippen LogP contribution in [0.3, 0.4) is 0 Å². The molecule has 0 radical (unpaired) electrons. The Labute approximate surface area is 72.5 Å². The van der Waals surface area contributed by atoms with Crippen LogP contribution in [0.15, 0.2) is 18.3 Å². The first kappa shape index (κ1) is 9.35. The minimum atomic E-state index is -1.81. The van der Waals surface area contributed by atoms with E-state index in [2.05, 4.69) is 4.98 Å². The number of rotatable bonds is 2. The van der Waals surface area contributed by atoms with E-state index in [0.717, 1.165) is 5.19 Å². The normalized spacial score (nSPS) is 11.7. The Hall–Kier alpha value is -0.743. The van der Waals surface area contributed by atoms with Gasteiger partial charge in [0.25, 0.3) is 0 Å². The molecule has 0 saturated heterocycles. The molecule has 0 bridgehead atoms. The summed E-state index contributed by atoms with van der Waals surface area (Å²) in [7, 11) is -0.129. The predicted octanol–water partition coefficient (Wildman–Crippen LogP) is 1.28. The number of nitrogens with zero attached hydrogens (tertiary/aromatic N) is 1. The summed E-state index contributed by atoms with van der Waals surface area (Å²) in [6, 6.07) is 3.10. The van der Waals surface area contributed by atoms with E-state index >= 15 is 0 Å². The summed E-state index contributed by atoms with van der Waals surface area (Å²) < 4.78 is 17.8. The largest absolute Gasteiger partial charge is 0.416 e. The van der Waals surface area contributed by atoms with Crippen LogP contribution in [0.1, 0.15) is 0 Å². The fourth-order valence-electron chi connectivity index (χ4n) is 0.850. The quantitative estimate of drug-likeness (QED) is 0.511. The maximum absolute atomic E-state index is 12.4. The summed E-state index contributed by atoms with van der Waals surface area (Å²) in [6.07, 6.45) is 1.55. The van der Waals surface area contributed by atoms with Gasteiger partial charge >= 0.3 is 0 Å². The molecule has 0 amide bonds. The van der Waals surface area contributed by atoms with Gasteiger partial charge in [-0.25, -0.2) is 4.98 Å². The first-order valence-electron chi connectivity index (χ1n) is 3.73. The Morgan fingerprint density at radius 3 is 2.50 bits per heavy atom. The second-order valence-electron chi connectivity index (χ2n) is 3.08. The highest BCUT2D eigenvalue weighted by atomic mass is 28.4. The lowest BCUT2D eigenvalue weighted by Gasteiger charge is -2.19. The maximum atomic E-state index is 12.4. The van der Waals surface area contributed by atoms with Crippen LogP contribution in [0, 0.1) is 5.95 Å².